The van der Waals surface area contributed by atoms with Crippen molar-refractivity contribution in [2.75, 3.05) is 37.5 Å². The molecule has 1 saturated heterocycles. The molecular weight excluding hydrogens is 330 g/mol. The lowest BCUT2D eigenvalue weighted by molar-refractivity contribution is 0.394. The van der Waals surface area contributed by atoms with Crippen molar-refractivity contribution in [2.45, 2.75) is 19.4 Å². The summed E-state index contributed by atoms with van der Waals surface area (Å²) in [5, 5.41) is 8.03. The number of benzene rings is 1. The summed E-state index contributed by atoms with van der Waals surface area (Å²) in [6, 6.07) is 8.35. The number of fused-ring (bicyclic) bond motifs is 1. The highest BCUT2D eigenvalue weighted by molar-refractivity contribution is 5.68. The molecule has 0 aliphatic carbocycles. The van der Waals surface area contributed by atoms with Gasteiger partial charge in [-0.3, -0.25) is 0 Å². The van der Waals surface area contributed by atoms with Crippen molar-refractivity contribution in [3.8, 4) is 11.5 Å². The van der Waals surface area contributed by atoms with Crippen LogP contribution in [0, 0.1) is 6.92 Å². The van der Waals surface area contributed by atoms with Crippen molar-refractivity contribution in [3.63, 3.8) is 0 Å². The third kappa shape index (κ3) is 3.12. The van der Waals surface area contributed by atoms with Crippen molar-refractivity contribution >= 4 is 17.0 Å². The number of hydrogen-bond acceptors (Lipinski definition) is 6. The Morgan fingerprint density at radius 3 is 2.62 bits per heavy atom. The fourth-order valence-corrected chi connectivity index (χ4v) is 3.44. The molecule has 1 aromatic carbocycles. The summed E-state index contributed by atoms with van der Waals surface area (Å²) in [4.78, 5) is 6.84. The van der Waals surface area contributed by atoms with Gasteiger partial charge in [-0.2, -0.15) is 5.10 Å². The van der Waals surface area contributed by atoms with Gasteiger partial charge in [0.15, 0.2) is 5.82 Å². The van der Waals surface area contributed by atoms with Crippen LogP contribution in [0.15, 0.2) is 36.7 Å². The number of rotatable bonds is 5. The van der Waals surface area contributed by atoms with E-state index >= 15 is 0 Å². The van der Waals surface area contributed by atoms with E-state index in [1.807, 2.05) is 35.8 Å². The Labute approximate surface area is 152 Å². The van der Waals surface area contributed by atoms with Crippen LogP contribution in [-0.4, -0.2) is 47.9 Å². The highest BCUT2D eigenvalue weighted by Gasteiger charge is 2.24. The molecule has 0 bridgehead atoms. The Kier molecular flexibility index (Phi) is 4.28. The Morgan fingerprint density at radius 1 is 1.12 bits per heavy atom. The monoisotopic (exact) mass is 353 g/mol. The topological polar surface area (TPSA) is 63.9 Å². The van der Waals surface area contributed by atoms with Gasteiger partial charge in [0.2, 0.25) is 0 Å². The lowest BCUT2D eigenvalue weighted by Crippen LogP contribution is -2.26. The first kappa shape index (κ1) is 16.5. The summed E-state index contributed by atoms with van der Waals surface area (Å²) in [6.07, 6.45) is 4.69. The first-order chi connectivity index (χ1) is 12.7. The van der Waals surface area contributed by atoms with E-state index in [0.29, 0.717) is 6.04 Å². The first-order valence-corrected chi connectivity index (χ1v) is 8.72. The van der Waals surface area contributed by atoms with E-state index in [0.717, 1.165) is 53.7 Å². The van der Waals surface area contributed by atoms with Gasteiger partial charge in [-0.25, -0.2) is 9.50 Å². The van der Waals surface area contributed by atoms with Crippen LogP contribution in [0.25, 0.3) is 5.52 Å². The normalized spacial score (nSPS) is 16.9. The fraction of sp³-hybridized carbons (Fsp3) is 0.368. The number of hydrogen-bond donors (Lipinski definition) is 1. The van der Waals surface area contributed by atoms with Crippen LogP contribution >= 0.6 is 0 Å². The van der Waals surface area contributed by atoms with E-state index in [1.165, 1.54) is 0 Å². The zero-order chi connectivity index (χ0) is 18.1. The molecule has 0 amide bonds. The lowest BCUT2D eigenvalue weighted by atomic mass is 10.2. The van der Waals surface area contributed by atoms with E-state index < -0.39 is 0 Å². The van der Waals surface area contributed by atoms with Gasteiger partial charge >= 0.3 is 0 Å². The first-order valence-electron chi connectivity index (χ1n) is 8.72. The number of anilines is 2. The number of aromatic nitrogens is 3. The quantitative estimate of drug-likeness (QED) is 0.761. The van der Waals surface area contributed by atoms with Crippen LogP contribution < -0.4 is 19.7 Å². The second kappa shape index (κ2) is 6.74. The summed E-state index contributed by atoms with van der Waals surface area (Å²) >= 11 is 0. The van der Waals surface area contributed by atoms with Crippen LogP contribution in [0.3, 0.4) is 0 Å². The van der Waals surface area contributed by atoms with E-state index in [1.54, 1.807) is 20.4 Å². The second-order valence-corrected chi connectivity index (χ2v) is 6.54. The van der Waals surface area contributed by atoms with Crippen LogP contribution in [-0.2, 0) is 0 Å². The van der Waals surface area contributed by atoms with E-state index in [2.05, 4.69) is 26.4 Å². The minimum atomic E-state index is 0.320. The Balaban J connectivity index is 1.52. The molecule has 1 N–H and O–H groups in total. The molecule has 136 valence electrons. The summed E-state index contributed by atoms with van der Waals surface area (Å²) in [5.41, 5.74) is 3.10. The Bertz CT molecular complexity index is 901. The van der Waals surface area contributed by atoms with E-state index in [4.69, 9.17) is 9.47 Å². The minimum Gasteiger partial charge on any atom is -0.497 e. The largest absolute Gasteiger partial charge is 0.497 e. The standard InChI is InChI=1S/C19H23N5O2/c1-13-8-18-19(20-5-7-24(18)22-13)21-14-4-6-23(12-14)15-9-16(25-2)11-17(10-15)26-3/h5,7-11,14H,4,6,12H2,1-3H3,(H,20,21). The lowest BCUT2D eigenvalue weighted by Gasteiger charge is -2.21. The molecule has 1 atom stereocenters. The molecule has 0 radical (unpaired) electrons. The molecule has 3 aromatic rings. The maximum atomic E-state index is 5.39. The average molecular weight is 353 g/mol. The molecule has 4 rings (SSSR count). The molecule has 0 saturated carbocycles. The van der Waals surface area contributed by atoms with Crippen molar-refractivity contribution in [1.29, 1.82) is 0 Å². The van der Waals surface area contributed by atoms with Crippen LogP contribution in [0.1, 0.15) is 12.1 Å². The summed E-state index contributed by atoms with van der Waals surface area (Å²) in [5.74, 6) is 2.48. The zero-order valence-corrected chi connectivity index (χ0v) is 15.3. The Hall–Kier alpha value is -2.96. The number of ether oxygens (including phenoxy) is 2. The molecule has 1 aliphatic rings. The average Bonchev–Trinajstić information content (AvgIpc) is 3.27. The summed E-state index contributed by atoms with van der Waals surface area (Å²) in [6.45, 7) is 3.85. The molecule has 7 heteroatoms. The summed E-state index contributed by atoms with van der Waals surface area (Å²) in [7, 11) is 3.35. The molecule has 2 aromatic heterocycles. The predicted molar refractivity (Wildman–Crippen MR) is 102 cm³/mol. The van der Waals surface area contributed by atoms with Crippen LogP contribution in [0.2, 0.25) is 0 Å². The van der Waals surface area contributed by atoms with Crippen molar-refractivity contribution in [3.05, 3.63) is 42.4 Å². The fourth-order valence-electron chi connectivity index (χ4n) is 3.44. The highest BCUT2D eigenvalue weighted by atomic mass is 16.5. The molecule has 1 fully saturated rings. The third-order valence-electron chi connectivity index (χ3n) is 4.74. The van der Waals surface area contributed by atoms with Crippen LogP contribution in [0.4, 0.5) is 11.5 Å². The predicted octanol–water partition coefficient (Wildman–Crippen LogP) is 2.75. The van der Waals surface area contributed by atoms with Gasteiger partial charge in [0, 0.05) is 55.4 Å². The number of nitrogens with zero attached hydrogens (tertiary/aromatic N) is 4. The molecular formula is C19H23N5O2. The highest BCUT2D eigenvalue weighted by Crippen LogP contribution is 2.31. The smallest absolute Gasteiger partial charge is 0.152 e. The molecule has 0 spiro atoms. The number of methoxy groups -OCH3 is 2. The van der Waals surface area contributed by atoms with Gasteiger partial charge in [0.25, 0.3) is 0 Å². The minimum absolute atomic E-state index is 0.320. The van der Waals surface area contributed by atoms with E-state index in [-0.39, 0.29) is 0 Å². The third-order valence-corrected chi connectivity index (χ3v) is 4.74. The van der Waals surface area contributed by atoms with Gasteiger partial charge in [-0.15, -0.1) is 0 Å². The number of aryl methyl sites for hydroxylation is 1. The van der Waals surface area contributed by atoms with Crippen molar-refractivity contribution in [1.82, 2.24) is 14.6 Å². The maximum absolute atomic E-state index is 5.39. The molecule has 1 aliphatic heterocycles. The summed E-state index contributed by atoms with van der Waals surface area (Å²) < 4.78 is 12.6. The van der Waals surface area contributed by atoms with Gasteiger partial charge in [-0.1, -0.05) is 0 Å². The molecule has 3 heterocycles. The van der Waals surface area contributed by atoms with Gasteiger partial charge in [0.1, 0.15) is 17.0 Å². The maximum Gasteiger partial charge on any atom is 0.152 e. The molecule has 26 heavy (non-hydrogen) atoms. The van der Waals surface area contributed by atoms with Crippen molar-refractivity contribution in [2.24, 2.45) is 0 Å². The zero-order valence-electron chi connectivity index (χ0n) is 15.3. The van der Waals surface area contributed by atoms with Crippen molar-refractivity contribution < 1.29 is 9.47 Å². The van der Waals surface area contributed by atoms with Gasteiger partial charge in [-0.05, 0) is 19.4 Å². The molecule has 7 nitrogen and oxygen atoms in total. The Morgan fingerprint density at radius 2 is 1.88 bits per heavy atom. The van der Waals surface area contributed by atoms with Gasteiger partial charge in [0.05, 0.1) is 19.9 Å². The second-order valence-electron chi connectivity index (χ2n) is 6.54. The SMILES string of the molecule is COc1cc(OC)cc(N2CCC(Nc3nccn4nc(C)cc34)C2)c1. The molecule has 1 unspecified atom stereocenters. The van der Waals surface area contributed by atoms with Crippen LogP contribution in [0.5, 0.6) is 11.5 Å². The number of nitrogens with one attached hydrogen (secondary N) is 1. The van der Waals surface area contributed by atoms with Gasteiger partial charge < -0.3 is 19.7 Å². The van der Waals surface area contributed by atoms with E-state index in [9.17, 15) is 0 Å².